The summed E-state index contributed by atoms with van der Waals surface area (Å²) in [6.45, 7) is 7.64. The first kappa shape index (κ1) is 26.7. The molecule has 0 aliphatic carbocycles. The zero-order valence-electron chi connectivity index (χ0n) is 21.1. The van der Waals surface area contributed by atoms with E-state index in [1.807, 2.05) is 39.0 Å². The highest BCUT2D eigenvalue weighted by Gasteiger charge is 2.37. The number of benzene rings is 2. The lowest BCUT2D eigenvalue weighted by Crippen LogP contribution is -2.44. The number of rotatable bonds is 6. The molecule has 1 aliphatic rings. The highest BCUT2D eigenvalue weighted by Crippen LogP contribution is 2.30. The van der Waals surface area contributed by atoms with E-state index < -0.39 is 33.5 Å². The summed E-state index contributed by atoms with van der Waals surface area (Å²) in [5, 5.41) is 6.27. The predicted molar refractivity (Wildman–Crippen MR) is 137 cm³/mol. The van der Waals surface area contributed by atoms with Crippen LogP contribution in [0.4, 0.5) is 14.5 Å². The van der Waals surface area contributed by atoms with Crippen LogP contribution < -0.4 is 5.32 Å². The summed E-state index contributed by atoms with van der Waals surface area (Å²) in [7, 11) is -4.05. The smallest absolute Gasteiger partial charge is 0.248 e. The molecule has 1 N–H and O–H groups in total. The Morgan fingerprint density at radius 3 is 2.51 bits per heavy atom. The second-order valence-corrected chi connectivity index (χ2v) is 11.3. The summed E-state index contributed by atoms with van der Waals surface area (Å²) in [5.41, 5.74) is 4.12. The van der Waals surface area contributed by atoms with Gasteiger partial charge in [0, 0.05) is 19.2 Å². The molecular weight excluding hydrogens is 500 g/mol. The third-order valence-electron chi connectivity index (χ3n) is 6.51. The van der Waals surface area contributed by atoms with Crippen LogP contribution in [0.1, 0.15) is 46.5 Å². The Kier molecular flexibility index (Phi) is 7.61. The van der Waals surface area contributed by atoms with Crippen LogP contribution in [-0.2, 0) is 14.8 Å². The zero-order chi connectivity index (χ0) is 26.9. The first-order chi connectivity index (χ1) is 17.5. The maximum absolute atomic E-state index is 14.0. The highest BCUT2D eigenvalue weighted by atomic mass is 32.2. The maximum atomic E-state index is 14.0. The van der Waals surface area contributed by atoms with Gasteiger partial charge in [0.25, 0.3) is 0 Å². The highest BCUT2D eigenvalue weighted by molar-refractivity contribution is 7.89. The van der Waals surface area contributed by atoms with Crippen LogP contribution in [-0.4, -0.2) is 36.9 Å². The molecule has 1 aliphatic heterocycles. The summed E-state index contributed by atoms with van der Waals surface area (Å²) in [5.74, 6) is -2.67. The molecule has 1 unspecified atom stereocenters. The molecule has 7 nitrogen and oxygen atoms in total. The standard InChI is InChI=1S/C27H29F2N3O4S/c1-16-12-17(2)22(18(3)13-16)8-10-25-26(19(4)31-36-25)37(34,35)32-11-5-6-20(15-32)27(33)30-24-14-21(28)7-9-23(24)29/h7-10,12-14,20H,5-6,11,15H2,1-4H3,(H,30,33)/b10-8+. The van der Waals surface area contributed by atoms with Gasteiger partial charge in [-0.05, 0) is 75.4 Å². The van der Waals surface area contributed by atoms with Crippen molar-refractivity contribution in [1.82, 2.24) is 9.46 Å². The van der Waals surface area contributed by atoms with Gasteiger partial charge in [-0.1, -0.05) is 28.9 Å². The number of hydrogen-bond acceptors (Lipinski definition) is 5. The van der Waals surface area contributed by atoms with E-state index in [9.17, 15) is 22.0 Å². The number of hydrogen-bond donors (Lipinski definition) is 1. The van der Waals surface area contributed by atoms with Gasteiger partial charge in [0.05, 0.1) is 11.6 Å². The lowest BCUT2D eigenvalue weighted by Gasteiger charge is -2.31. The number of nitrogens with one attached hydrogen (secondary N) is 1. The van der Waals surface area contributed by atoms with Crippen molar-refractivity contribution in [3.63, 3.8) is 0 Å². The van der Waals surface area contributed by atoms with Gasteiger partial charge in [-0.2, -0.15) is 4.31 Å². The molecule has 0 radical (unpaired) electrons. The normalized spacial score (nSPS) is 16.9. The number of nitrogens with zero attached hydrogens (tertiary/aromatic N) is 2. The lowest BCUT2D eigenvalue weighted by atomic mass is 9.98. The van der Waals surface area contributed by atoms with E-state index in [0.717, 1.165) is 40.5 Å². The fraction of sp³-hybridized carbons (Fsp3) is 0.333. The maximum Gasteiger partial charge on any atom is 0.248 e. The van der Waals surface area contributed by atoms with Crippen molar-refractivity contribution in [2.24, 2.45) is 5.92 Å². The Balaban J connectivity index is 1.57. The molecule has 196 valence electrons. The Hall–Kier alpha value is -3.37. The Bertz CT molecular complexity index is 1460. The van der Waals surface area contributed by atoms with E-state index in [2.05, 4.69) is 10.5 Å². The minimum absolute atomic E-state index is 0.0524. The second kappa shape index (κ2) is 10.5. The second-order valence-electron chi connectivity index (χ2n) is 9.42. The van der Waals surface area contributed by atoms with E-state index in [-0.39, 0.29) is 35.1 Å². The summed E-state index contributed by atoms with van der Waals surface area (Å²) >= 11 is 0. The molecule has 1 aromatic heterocycles. The van der Waals surface area contributed by atoms with E-state index in [1.54, 1.807) is 13.0 Å². The average molecular weight is 530 g/mol. The van der Waals surface area contributed by atoms with Gasteiger partial charge in [0.1, 0.15) is 17.3 Å². The molecule has 3 aromatic rings. The van der Waals surface area contributed by atoms with Crippen LogP contribution in [0.15, 0.2) is 39.8 Å². The minimum atomic E-state index is -4.05. The van der Waals surface area contributed by atoms with Crippen LogP contribution in [0.3, 0.4) is 0 Å². The van der Waals surface area contributed by atoms with Gasteiger partial charge in [0.2, 0.25) is 15.9 Å². The van der Waals surface area contributed by atoms with E-state index >= 15 is 0 Å². The molecular formula is C27H29F2N3O4S. The monoisotopic (exact) mass is 529 g/mol. The van der Waals surface area contributed by atoms with Crippen LogP contribution in [0.25, 0.3) is 12.2 Å². The van der Waals surface area contributed by atoms with Crippen molar-refractivity contribution in [1.29, 1.82) is 0 Å². The molecule has 0 spiro atoms. The van der Waals surface area contributed by atoms with Crippen LogP contribution in [0.2, 0.25) is 0 Å². The number of anilines is 1. The van der Waals surface area contributed by atoms with Gasteiger partial charge >= 0.3 is 0 Å². The molecule has 2 aromatic carbocycles. The first-order valence-corrected chi connectivity index (χ1v) is 13.4. The van der Waals surface area contributed by atoms with Gasteiger partial charge in [-0.3, -0.25) is 4.79 Å². The van der Waals surface area contributed by atoms with Crippen LogP contribution >= 0.6 is 0 Å². The summed E-state index contributed by atoms with van der Waals surface area (Å²) in [6, 6.07) is 6.86. The number of carbonyl (C=O) groups excluding carboxylic acids is 1. The Morgan fingerprint density at radius 2 is 1.81 bits per heavy atom. The van der Waals surface area contributed by atoms with E-state index in [4.69, 9.17) is 4.52 Å². The van der Waals surface area contributed by atoms with Crippen molar-refractivity contribution < 1.29 is 26.5 Å². The molecule has 1 saturated heterocycles. The van der Waals surface area contributed by atoms with Gasteiger partial charge in [-0.25, -0.2) is 17.2 Å². The summed E-state index contributed by atoms with van der Waals surface area (Å²) in [4.78, 5) is 12.8. The first-order valence-electron chi connectivity index (χ1n) is 12.0. The molecule has 4 rings (SSSR count). The third-order valence-corrected chi connectivity index (χ3v) is 8.54. The molecule has 0 saturated carbocycles. The van der Waals surface area contributed by atoms with Gasteiger partial charge in [0.15, 0.2) is 10.7 Å². The van der Waals surface area contributed by atoms with E-state index in [0.29, 0.717) is 12.8 Å². The molecule has 10 heteroatoms. The lowest BCUT2D eigenvalue weighted by molar-refractivity contribution is -0.120. The molecule has 2 heterocycles. The summed E-state index contributed by atoms with van der Waals surface area (Å²) in [6.07, 6.45) is 4.25. The number of sulfonamides is 1. The zero-order valence-corrected chi connectivity index (χ0v) is 22.0. The minimum Gasteiger partial charge on any atom is -0.355 e. The SMILES string of the molecule is Cc1cc(C)c(/C=C/c2onc(C)c2S(=O)(=O)N2CCCC(C(=O)Nc3cc(F)ccc3F)C2)c(C)c1. The number of aromatic nitrogens is 1. The Morgan fingerprint density at radius 1 is 1.11 bits per heavy atom. The fourth-order valence-corrected chi connectivity index (χ4v) is 6.52. The average Bonchev–Trinajstić information content (AvgIpc) is 3.21. The third kappa shape index (κ3) is 5.65. The molecule has 1 amide bonds. The van der Waals surface area contributed by atoms with Gasteiger partial charge in [-0.15, -0.1) is 0 Å². The summed E-state index contributed by atoms with van der Waals surface area (Å²) < 4.78 is 61.4. The molecule has 1 fully saturated rings. The number of amides is 1. The van der Waals surface area contributed by atoms with Crippen molar-refractivity contribution in [3.05, 3.63) is 75.7 Å². The number of aryl methyl sites for hydroxylation is 4. The van der Waals surface area contributed by atoms with Crippen molar-refractivity contribution in [3.8, 4) is 0 Å². The Labute approximate surface area is 215 Å². The fourth-order valence-electron chi connectivity index (χ4n) is 4.74. The van der Waals surface area contributed by atoms with E-state index in [1.165, 1.54) is 4.31 Å². The molecule has 0 bridgehead atoms. The van der Waals surface area contributed by atoms with Crippen LogP contribution in [0, 0.1) is 45.2 Å². The predicted octanol–water partition coefficient (Wildman–Crippen LogP) is 5.40. The number of halogens is 2. The largest absolute Gasteiger partial charge is 0.355 e. The quantitative estimate of drug-likeness (QED) is 0.462. The van der Waals surface area contributed by atoms with Crippen molar-refractivity contribution in [2.75, 3.05) is 18.4 Å². The topological polar surface area (TPSA) is 92.5 Å². The van der Waals surface area contributed by atoms with Crippen molar-refractivity contribution in [2.45, 2.75) is 45.4 Å². The number of piperidine rings is 1. The number of carbonyl (C=O) groups is 1. The van der Waals surface area contributed by atoms with Crippen molar-refractivity contribution >= 4 is 33.8 Å². The van der Waals surface area contributed by atoms with Crippen LogP contribution in [0.5, 0.6) is 0 Å². The molecule has 37 heavy (non-hydrogen) atoms. The van der Waals surface area contributed by atoms with Gasteiger partial charge < -0.3 is 9.84 Å². The molecule has 1 atom stereocenters.